The van der Waals surface area contributed by atoms with Gasteiger partial charge in [0, 0.05) is 18.0 Å². The van der Waals surface area contributed by atoms with Gasteiger partial charge in [-0.2, -0.15) is 0 Å². The molecule has 0 aliphatic carbocycles. The molecule has 2 rings (SSSR count). The van der Waals surface area contributed by atoms with Crippen LogP contribution in [0.5, 0.6) is 0 Å². The topological polar surface area (TPSA) is 45.8 Å². The lowest BCUT2D eigenvalue weighted by Gasteiger charge is -2.04. The molecule has 14 heavy (non-hydrogen) atoms. The zero-order valence-corrected chi connectivity index (χ0v) is 8.24. The van der Waals surface area contributed by atoms with Crippen LogP contribution in [0, 0.1) is 0 Å². The van der Waals surface area contributed by atoms with E-state index in [1.54, 1.807) is 24.5 Å². The quantitative estimate of drug-likeness (QED) is 0.744. The summed E-state index contributed by atoms with van der Waals surface area (Å²) in [6.45, 7) is 4.01. The lowest BCUT2D eigenvalue weighted by atomic mass is 10.0. The molecule has 3 heteroatoms. The fourth-order valence-corrected chi connectivity index (χ4v) is 1.50. The van der Waals surface area contributed by atoms with Crippen molar-refractivity contribution in [3.05, 3.63) is 40.3 Å². The van der Waals surface area contributed by atoms with Crippen LogP contribution in [-0.2, 0) is 0 Å². The maximum Gasteiger partial charge on any atom is 0.194 e. The highest BCUT2D eigenvalue weighted by molar-refractivity contribution is 5.74. The van der Waals surface area contributed by atoms with E-state index < -0.39 is 0 Å². The van der Waals surface area contributed by atoms with E-state index in [0.29, 0.717) is 11.0 Å². The predicted molar refractivity (Wildman–Crippen MR) is 56.5 cm³/mol. The highest BCUT2D eigenvalue weighted by atomic mass is 16.1. The van der Waals surface area contributed by atoms with Crippen molar-refractivity contribution in [1.29, 1.82) is 0 Å². The molecule has 0 aliphatic heterocycles. The van der Waals surface area contributed by atoms with Crippen LogP contribution in [0.25, 0.3) is 11.0 Å². The number of nitrogens with zero attached hydrogens (tertiary/aromatic N) is 1. The maximum absolute atomic E-state index is 11.9. The Kier molecular flexibility index (Phi) is 2.08. The average molecular weight is 188 g/mol. The Hall–Kier alpha value is -1.64. The van der Waals surface area contributed by atoms with Gasteiger partial charge in [0.05, 0.1) is 5.39 Å². The summed E-state index contributed by atoms with van der Waals surface area (Å²) in [4.78, 5) is 19.0. The summed E-state index contributed by atoms with van der Waals surface area (Å²) < 4.78 is 0. The smallest absolute Gasteiger partial charge is 0.194 e. The number of nitrogens with one attached hydrogen (secondary N) is 1. The summed E-state index contributed by atoms with van der Waals surface area (Å²) in [7, 11) is 0. The van der Waals surface area contributed by atoms with Crippen LogP contribution in [0.4, 0.5) is 0 Å². The summed E-state index contributed by atoms with van der Waals surface area (Å²) in [6.07, 6.45) is 3.43. The first-order valence-corrected chi connectivity index (χ1v) is 4.66. The van der Waals surface area contributed by atoms with Crippen LogP contribution >= 0.6 is 0 Å². The van der Waals surface area contributed by atoms with E-state index in [4.69, 9.17) is 0 Å². The van der Waals surface area contributed by atoms with Crippen molar-refractivity contribution in [2.45, 2.75) is 19.8 Å². The molecule has 0 saturated heterocycles. The van der Waals surface area contributed by atoms with Crippen LogP contribution in [0.1, 0.15) is 25.3 Å². The Bertz CT molecular complexity index is 514. The normalized spacial score (nSPS) is 11.1. The zero-order chi connectivity index (χ0) is 10.1. The van der Waals surface area contributed by atoms with Gasteiger partial charge in [0.1, 0.15) is 5.65 Å². The van der Waals surface area contributed by atoms with Gasteiger partial charge in [-0.1, -0.05) is 13.8 Å². The minimum Gasteiger partial charge on any atom is -0.346 e. The molecule has 3 nitrogen and oxygen atoms in total. The molecule has 2 aromatic heterocycles. The van der Waals surface area contributed by atoms with Gasteiger partial charge >= 0.3 is 0 Å². The van der Waals surface area contributed by atoms with Crippen molar-refractivity contribution >= 4 is 11.0 Å². The first kappa shape index (κ1) is 8.94. The van der Waals surface area contributed by atoms with Crippen LogP contribution < -0.4 is 5.43 Å². The first-order chi connectivity index (χ1) is 6.70. The van der Waals surface area contributed by atoms with E-state index >= 15 is 0 Å². The fraction of sp³-hybridized carbons (Fsp3) is 0.273. The Morgan fingerprint density at radius 2 is 2.21 bits per heavy atom. The van der Waals surface area contributed by atoms with Gasteiger partial charge in [0.25, 0.3) is 0 Å². The Morgan fingerprint density at radius 3 is 2.93 bits per heavy atom. The third-order valence-electron chi connectivity index (χ3n) is 2.30. The second kappa shape index (κ2) is 3.25. The second-order valence-corrected chi connectivity index (χ2v) is 3.63. The molecule has 0 unspecified atom stereocenters. The largest absolute Gasteiger partial charge is 0.346 e. The van der Waals surface area contributed by atoms with Gasteiger partial charge in [-0.25, -0.2) is 4.98 Å². The molecule has 0 aromatic carbocycles. The van der Waals surface area contributed by atoms with Crippen LogP contribution in [0.15, 0.2) is 29.3 Å². The van der Waals surface area contributed by atoms with Crippen molar-refractivity contribution in [3.8, 4) is 0 Å². The van der Waals surface area contributed by atoms with Crippen LogP contribution in [0.3, 0.4) is 0 Å². The van der Waals surface area contributed by atoms with E-state index in [1.807, 2.05) is 13.8 Å². The zero-order valence-electron chi connectivity index (χ0n) is 8.24. The van der Waals surface area contributed by atoms with Crippen molar-refractivity contribution in [3.63, 3.8) is 0 Å². The van der Waals surface area contributed by atoms with E-state index in [1.165, 1.54) is 0 Å². The molecule has 1 N–H and O–H groups in total. The molecule has 2 aromatic rings. The number of pyridine rings is 2. The second-order valence-electron chi connectivity index (χ2n) is 3.63. The lowest BCUT2D eigenvalue weighted by molar-refractivity contribution is 0.852. The summed E-state index contributed by atoms with van der Waals surface area (Å²) in [5.41, 5.74) is 1.55. The molecular formula is C11H12N2O. The third-order valence-corrected chi connectivity index (χ3v) is 2.30. The van der Waals surface area contributed by atoms with Crippen LogP contribution in [0.2, 0.25) is 0 Å². The number of hydrogen-bond acceptors (Lipinski definition) is 2. The SMILES string of the molecule is CC(C)c1c[nH]c2ncccc2c1=O. The van der Waals surface area contributed by atoms with E-state index in [9.17, 15) is 4.79 Å². The number of hydrogen-bond donors (Lipinski definition) is 1. The molecule has 72 valence electrons. The monoisotopic (exact) mass is 188 g/mol. The van der Waals surface area contributed by atoms with Crippen molar-refractivity contribution in [2.75, 3.05) is 0 Å². The standard InChI is InChI=1S/C11H12N2O/c1-7(2)9-6-13-11-8(10(9)14)4-3-5-12-11/h3-7H,1-2H3,(H,12,13,14). The van der Waals surface area contributed by atoms with Crippen molar-refractivity contribution in [1.82, 2.24) is 9.97 Å². The molecule has 0 spiro atoms. The summed E-state index contributed by atoms with van der Waals surface area (Å²) >= 11 is 0. The highest BCUT2D eigenvalue weighted by Crippen LogP contribution is 2.11. The van der Waals surface area contributed by atoms with Gasteiger partial charge in [-0.15, -0.1) is 0 Å². The number of aromatic nitrogens is 2. The van der Waals surface area contributed by atoms with E-state index in [-0.39, 0.29) is 11.3 Å². The first-order valence-electron chi connectivity index (χ1n) is 4.66. The number of aromatic amines is 1. The number of rotatable bonds is 1. The molecule has 0 fully saturated rings. The average Bonchev–Trinajstić information content (AvgIpc) is 2.18. The van der Waals surface area contributed by atoms with Crippen LogP contribution in [-0.4, -0.2) is 9.97 Å². The van der Waals surface area contributed by atoms with Crippen molar-refractivity contribution in [2.24, 2.45) is 0 Å². The van der Waals surface area contributed by atoms with Gasteiger partial charge in [-0.3, -0.25) is 4.79 Å². The molecular weight excluding hydrogens is 176 g/mol. The molecule has 0 amide bonds. The predicted octanol–water partition coefficient (Wildman–Crippen LogP) is 2.05. The minimum atomic E-state index is 0.0850. The number of H-pyrrole nitrogens is 1. The maximum atomic E-state index is 11.9. The minimum absolute atomic E-state index is 0.0850. The van der Waals surface area contributed by atoms with Gasteiger partial charge in [-0.05, 0) is 18.1 Å². The Labute approximate surface area is 81.8 Å². The lowest BCUT2D eigenvalue weighted by Crippen LogP contribution is -2.11. The highest BCUT2D eigenvalue weighted by Gasteiger charge is 2.07. The molecule has 0 bridgehead atoms. The summed E-state index contributed by atoms with van der Waals surface area (Å²) in [5.74, 6) is 0.239. The number of fused-ring (bicyclic) bond motifs is 1. The van der Waals surface area contributed by atoms with Gasteiger partial charge < -0.3 is 4.98 Å². The van der Waals surface area contributed by atoms with Gasteiger partial charge in [0.15, 0.2) is 5.43 Å². The van der Waals surface area contributed by atoms with E-state index in [2.05, 4.69) is 9.97 Å². The third kappa shape index (κ3) is 1.31. The summed E-state index contributed by atoms with van der Waals surface area (Å²) in [6, 6.07) is 3.58. The molecule has 2 heterocycles. The fourth-order valence-electron chi connectivity index (χ4n) is 1.50. The van der Waals surface area contributed by atoms with Crippen molar-refractivity contribution < 1.29 is 0 Å². The Morgan fingerprint density at radius 1 is 1.43 bits per heavy atom. The van der Waals surface area contributed by atoms with E-state index in [0.717, 1.165) is 5.56 Å². The Balaban J connectivity index is 2.82. The molecule has 0 saturated carbocycles. The molecule has 0 aliphatic rings. The molecule has 0 atom stereocenters. The summed E-state index contributed by atoms with van der Waals surface area (Å²) in [5, 5.41) is 0.665. The van der Waals surface area contributed by atoms with Gasteiger partial charge in [0.2, 0.25) is 0 Å². The molecule has 0 radical (unpaired) electrons.